The van der Waals surface area contributed by atoms with Gasteiger partial charge in [0.2, 0.25) is 0 Å². The highest BCUT2D eigenvalue weighted by Crippen LogP contribution is 2.35. The van der Waals surface area contributed by atoms with Gasteiger partial charge in [-0.1, -0.05) is 54.6 Å². The Balaban J connectivity index is 1.61. The lowest BCUT2D eigenvalue weighted by molar-refractivity contribution is 0.179. The molecule has 4 rings (SSSR count). The third-order valence-corrected chi connectivity index (χ3v) is 6.32. The molecule has 0 saturated carbocycles. The SMILES string of the molecule is O=C(NCC1CSC1)N1CCc2ccccc2[C@@H]1c1ccccc1. The number of rotatable bonds is 3. The Labute approximate surface area is 147 Å². The van der Waals surface area contributed by atoms with Crippen LogP contribution in [-0.4, -0.2) is 35.5 Å². The van der Waals surface area contributed by atoms with Gasteiger partial charge in [0.15, 0.2) is 0 Å². The molecule has 0 aliphatic carbocycles. The van der Waals surface area contributed by atoms with Crippen LogP contribution in [0, 0.1) is 5.92 Å². The van der Waals surface area contributed by atoms with E-state index in [1.54, 1.807) is 0 Å². The standard InChI is InChI=1S/C20H22N2OS/c23-20(21-12-15-13-24-14-15)22-11-10-16-6-4-5-9-18(16)19(22)17-7-2-1-3-8-17/h1-9,15,19H,10-14H2,(H,21,23)/t19-/m0/s1. The van der Waals surface area contributed by atoms with E-state index in [1.807, 2.05) is 34.9 Å². The second-order valence-electron chi connectivity index (χ2n) is 6.54. The molecule has 2 aliphatic heterocycles. The number of fused-ring (bicyclic) bond motifs is 1. The summed E-state index contributed by atoms with van der Waals surface area (Å²) >= 11 is 1.96. The van der Waals surface area contributed by atoms with Gasteiger partial charge in [0.1, 0.15) is 0 Å². The third-order valence-electron chi connectivity index (χ3n) is 4.91. The Hall–Kier alpha value is -1.94. The molecular formula is C20H22N2OS. The Morgan fingerprint density at radius 1 is 1.08 bits per heavy atom. The summed E-state index contributed by atoms with van der Waals surface area (Å²) in [5.74, 6) is 2.99. The summed E-state index contributed by atoms with van der Waals surface area (Å²) in [5, 5.41) is 3.16. The Kier molecular flexibility index (Phi) is 4.48. The van der Waals surface area contributed by atoms with Crippen molar-refractivity contribution in [2.75, 3.05) is 24.6 Å². The van der Waals surface area contributed by atoms with Gasteiger partial charge in [0.05, 0.1) is 6.04 Å². The molecule has 2 aromatic rings. The van der Waals surface area contributed by atoms with Crippen LogP contribution in [0.15, 0.2) is 54.6 Å². The predicted octanol–water partition coefficient (Wildman–Crippen LogP) is 3.71. The average Bonchev–Trinajstić information content (AvgIpc) is 2.60. The zero-order chi connectivity index (χ0) is 16.4. The summed E-state index contributed by atoms with van der Waals surface area (Å²) in [6, 6.07) is 18.9. The van der Waals surface area contributed by atoms with Crippen LogP contribution in [-0.2, 0) is 6.42 Å². The molecule has 0 aromatic heterocycles. The number of urea groups is 1. The van der Waals surface area contributed by atoms with Crippen molar-refractivity contribution in [3.8, 4) is 0 Å². The first-order chi connectivity index (χ1) is 11.8. The van der Waals surface area contributed by atoms with E-state index in [9.17, 15) is 4.79 Å². The van der Waals surface area contributed by atoms with Crippen LogP contribution in [0.2, 0.25) is 0 Å². The van der Waals surface area contributed by atoms with Crippen molar-refractivity contribution >= 4 is 17.8 Å². The number of hydrogen-bond acceptors (Lipinski definition) is 2. The van der Waals surface area contributed by atoms with Crippen LogP contribution in [0.5, 0.6) is 0 Å². The van der Waals surface area contributed by atoms with Crippen molar-refractivity contribution in [3.05, 3.63) is 71.3 Å². The lowest BCUT2D eigenvalue weighted by Crippen LogP contribution is -2.48. The fourth-order valence-corrected chi connectivity index (χ4v) is 4.32. The summed E-state index contributed by atoms with van der Waals surface area (Å²) in [6.45, 7) is 1.56. The van der Waals surface area contributed by atoms with E-state index in [0.717, 1.165) is 19.5 Å². The maximum atomic E-state index is 12.8. The molecule has 2 amide bonds. The van der Waals surface area contributed by atoms with Crippen LogP contribution in [0.4, 0.5) is 4.79 Å². The molecule has 4 heteroatoms. The number of hydrogen-bond donors (Lipinski definition) is 1. The zero-order valence-electron chi connectivity index (χ0n) is 13.7. The maximum Gasteiger partial charge on any atom is 0.318 e. The van der Waals surface area contributed by atoms with Gasteiger partial charge < -0.3 is 10.2 Å². The van der Waals surface area contributed by atoms with Crippen molar-refractivity contribution in [1.82, 2.24) is 10.2 Å². The van der Waals surface area contributed by atoms with E-state index < -0.39 is 0 Å². The first-order valence-electron chi connectivity index (χ1n) is 8.58. The quantitative estimate of drug-likeness (QED) is 0.925. The minimum Gasteiger partial charge on any atom is -0.338 e. The molecule has 2 heterocycles. The summed E-state index contributed by atoms with van der Waals surface area (Å²) in [4.78, 5) is 14.8. The molecule has 24 heavy (non-hydrogen) atoms. The molecule has 0 radical (unpaired) electrons. The fourth-order valence-electron chi connectivity index (χ4n) is 3.52. The predicted molar refractivity (Wildman–Crippen MR) is 99.4 cm³/mol. The molecule has 124 valence electrons. The summed E-state index contributed by atoms with van der Waals surface area (Å²) in [7, 11) is 0. The van der Waals surface area contributed by atoms with Crippen molar-refractivity contribution in [2.45, 2.75) is 12.5 Å². The van der Waals surface area contributed by atoms with Crippen molar-refractivity contribution in [3.63, 3.8) is 0 Å². The van der Waals surface area contributed by atoms with Gasteiger partial charge in [0, 0.05) is 13.1 Å². The van der Waals surface area contributed by atoms with E-state index in [-0.39, 0.29) is 12.1 Å². The van der Waals surface area contributed by atoms with Gasteiger partial charge in [-0.15, -0.1) is 0 Å². The highest BCUT2D eigenvalue weighted by atomic mass is 32.2. The molecule has 1 saturated heterocycles. The summed E-state index contributed by atoms with van der Waals surface area (Å²) in [5.41, 5.74) is 3.79. The number of amides is 2. The van der Waals surface area contributed by atoms with E-state index in [0.29, 0.717) is 5.92 Å². The highest BCUT2D eigenvalue weighted by molar-refractivity contribution is 8.00. The van der Waals surface area contributed by atoms with Gasteiger partial charge in [-0.05, 0) is 40.5 Å². The monoisotopic (exact) mass is 338 g/mol. The van der Waals surface area contributed by atoms with Crippen LogP contribution < -0.4 is 5.32 Å². The molecule has 1 fully saturated rings. The van der Waals surface area contributed by atoms with Gasteiger partial charge in [-0.25, -0.2) is 4.79 Å². The van der Waals surface area contributed by atoms with E-state index in [2.05, 4.69) is 41.7 Å². The minimum absolute atomic E-state index is 0.00640. The van der Waals surface area contributed by atoms with Crippen LogP contribution in [0.25, 0.3) is 0 Å². The van der Waals surface area contributed by atoms with Gasteiger partial charge >= 0.3 is 6.03 Å². The first kappa shape index (κ1) is 15.6. The number of nitrogens with one attached hydrogen (secondary N) is 1. The smallest absolute Gasteiger partial charge is 0.318 e. The highest BCUT2D eigenvalue weighted by Gasteiger charge is 2.32. The Morgan fingerprint density at radius 3 is 2.58 bits per heavy atom. The zero-order valence-corrected chi connectivity index (χ0v) is 14.5. The number of carbonyl (C=O) groups excluding carboxylic acids is 1. The van der Waals surface area contributed by atoms with Crippen LogP contribution >= 0.6 is 11.8 Å². The number of carbonyl (C=O) groups is 1. The third kappa shape index (κ3) is 3.03. The summed E-state index contributed by atoms with van der Waals surface area (Å²) in [6.07, 6.45) is 0.923. The molecule has 2 aromatic carbocycles. The number of nitrogens with zero attached hydrogens (tertiary/aromatic N) is 1. The normalized spacial score (nSPS) is 20.2. The molecular weight excluding hydrogens is 316 g/mol. The Morgan fingerprint density at radius 2 is 1.83 bits per heavy atom. The van der Waals surface area contributed by atoms with Crippen LogP contribution in [0.3, 0.4) is 0 Å². The van der Waals surface area contributed by atoms with Gasteiger partial charge in [0.25, 0.3) is 0 Å². The topological polar surface area (TPSA) is 32.3 Å². The summed E-state index contributed by atoms with van der Waals surface area (Å²) < 4.78 is 0. The molecule has 0 spiro atoms. The maximum absolute atomic E-state index is 12.8. The van der Waals surface area contributed by atoms with Crippen molar-refractivity contribution < 1.29 is 4.79 Å². The molecule has 1 N–H and O–H groups in total. The average molecular weight is 338 g/mol. The van der Waals surface area contributed by atoms with E-state index in [1.165, 1.54) is 28.2 Å². The molecule has 1 atom stereocenters. The second kappa shape index (κ2) is 6.89. The Bertz CT molecular complexity index is 715. The number of benzene rings is 2. The molecule has 3 nitrogen and oxygen atoms in total. The van der Waals surface area contributed by atoms with E-state index in [4.69, 9.17) is 0 Å². The minimum atomic E-state index is 0.00640. The van der Waals surface area contributed by atoms with Gasteiger partial charge in [-0.2, -0.15) is 11.8 Å². The van der Waals surface area contributed by atoms with E-state index >= 15 is 0 Å². The molecule has 0 unspecified atom stereocenters. The lowest BCUT2D eigenvalue weighted by atomic mass is 9.88. The molecule has 2 aliphatic rings. The number of thioether (sulfide) groups is 1. The van der Waals surface area contributed by atoms with Crippen molar-refractivity contribution in [1.29, 1.82) is 0 Å². The fraction of sp³-hybridized carbons (Fsp3) is 0.350. The van der Waals surface area contributed by atoms with Gasteiger partial charge in [-0.3, -0.25) is 0 Å². The second-order valence-corrected chi connectivity index (χ2v) is 7.62. The first-order valence-corrected chi connectivity index (χ1v) is 9.73. The van der Waals surface area contributed by atoms with Crippen LogP contribution in [0.1, 0.15) is 22.7 Å². The van der Waals surface area contributed by atoms with Crippen molar-refractivity contribution in [2.24, 2.45) is 5.92 Å². The lowest BCUT2D eigenvalue weighted by Gasteiger charge is -2.38. The molecule has 0 bridgehead atoms. The largest absolute Gasteiger partial charge is 0.338 e.